The zero-order chi connectivity index (χ0) is 43.1. The number of imidazole rings is 1. The molecule has 3 rings (SSSR count). The number of nitrogen functional groups attached to an aromatic ring is 1. The molecule has 30 heteroatoms. The number of anilines is 1. The summed E-state index contributed by atoms with van der Waals surface area (Å²) in [6, 6.07) is 0. The first-order chi connectivity index (χ1) is 26.1. The highest BCUT2D eigenvalue weighted by Gasteiger charge is 2.47. The van der Waals surface area contributed by atoms with Crippen molar-refractivity contribution >= 4 is 64.0 Å². The number of rotatable bonds is 23. The predicted molar refractivity (Wildman–Crippen MR) is 178 cm³/mol. The number of carbonyl (C=O) groups is 4. The van der Waals surface area contributed by atoms with Crippen molar-refractivity contribution in [3.05, 3.63) is 12.7 Å². The van der Waals surface area contributed by atoms with Crippen LogP contribution in [-0.2, 0) is 55.5 Å². The molecule has 8 atom stereocenters. The quantitative estimate of drug-likeness (QED) is 0.0517. The average molecular weight is 876 g/mol. The van der Waals surface area contributed by atoms with E-state index >= 15 is 0 Å². The maximum Gasteiger partial charge on any atom is 0.306 e. The third kappa shape index (κ3) is 14.8. The largest absolute Gasteiger partial charge is 0.790 e. The topological polar surface area (TPSA) is 432 Å². The second kappa shape index (κ2) is 19.1. The van der Waals surface area contributed by atoms with Crippen molar-refractivity contribution in [2.24, 2.45) is 5.41 Å². The molecular formula is C27H40N7O20P3-4. The number of aliphatic carboxylic acids is 1. The van der Waals surface area contributed by atoms with Crippen molar-refractivity contribution in [2.75, 3.05) is 32.0 Å². The van der Waals surface area contributed by atoms with Gasteiger partial charge < -0.3 is 79.2 Å². The van der Waals surface area contributed by atoms with Gasteiger partial charge in [0.2, 0.25) is 11.8 Å². The standard InChI is InChI=1S/C27H44N7O20P3/c1-26(2,21(40)24(41)30-7-5-16(36)29-6-4-14(35)8-27(3,42)9-17(37)38)11-51-57(48,49)54-56(46,47)50-10-15-20(53-55(43,44)45)19(39)25(52-15)34-13-33-18-22(28)31-12-32-23(18)34/h12-13,15,19-21,25,39-40,42H,4-11H2,1-3H3,(H,29,36)(H,30,41)(H,37,38)(H,46,47)(H,48,49)(H2,28,31,32)(H2,43,44,45)/p-4/t15?,19?,20?,21?,25?,27-/m1/s1. The lowest BCUT2D eigenvalue weighted by Gasteiger charge is -2.36. The van der Waals surface area contributed by atoms with Crippen LogP contribution in [0, 0.1) is 5.41 Å². The van der Waals surface area contributed by atoms with Gasteiger partial charge in [0, 0.05) is 37.8 Å². The van der Waals surface area contributed by atoms with Crippen LogP contribution in [-0.4, -0.2) is 120 Å². The maximum absolute atomic E-state index is 12.5. The molecule has 0 bridgehead atoms. The number of nitrogens with two attached hydrogens (primary N) is 1. The Hall–Kier alpha value is -3.36. The molecule has 8 N–H and O–H groups in total. The summed E-state index contributed by atoms with van der Waals surface area (Å²) in [5, 5.41) is 44.6. The van der Waals surface area contributed by atoms with Gasteiger partial charge in [-0.05, 0) is 6.92 Å². The van der Waals surface area contributed by atoms with Crippen molar-refractivity contribution in [2.45, 2.75) is 82.7 Å². The number of ketones is 1. The monoisotopic (exact) mass is 875 g/mol. The number of nitrogens with zero attached hydrogens (tertiary/aromatic N) is 4. The fourth-order valence-electron chi connectivity index (χ4n) is 5.16. The Morgan fingerprint density at radius 1 is 1.00 bits per heavy atom. The number of phosphoric acid groups is 3. The lowest BCUT2D eigenvalue weighted by Crippen LogP contribution is -2.46. The van der Waals surface area contributed by atoms with Gasteiger partial charge in [0.15, 0.2) is 17.7 Å². The number of amides is 2. The summed E-state index contributed by atoms with van der Waals surface area (Å²) in [6.45, 7) is 0.638. The summed E-state index contributed by atoms with van der Waals surface area (Å²) in [5.41, 5.74) is 2.19. The Bertz CT molecular complexity index is 1920. The molecular weight excluding hydrogens is 835 g/mol. The summed E-state index contributed by atoms with van der Waals surface area (Å²) in [5.74, 6) is -3.64. The van der Waals surface area contributed by atoms with E-state index in [0.717, 1.165) is 31.1 Å². The zero-order valence-electron chi connectivity index (χ0n) is 30.2. The second-order valence-electron chi connectivity index (χ2n) is 13.5. The van der Waals surface area contributed by atoms with E-state index in [9.17, 15) is 67.8 Å². The molecule has 2 aromatic heterocycles. The Balaban J connectivity index is 1.49. The minimum absolute atomic E-state index is 0.0268. The number of ether oxygens (including phenoxy) is 1. The van der Waals surface area contributed by atoms with Crippen LogP contribution in [0.3, 0.4) is 0 Å². The lowest BCUT2D eigenvalue weighted by atomic mass is 9.87. The number of aliphatic hydroxyl groups is 3. The molecule has 57 heavy (non-hydrogen) atoms. The van der Waals surface area contributed by atoms with Gasteiger partial charge in [0.25, 0.3) is 15.6 Å². The van der Waals surface area contributed by atoms with Crippen molar-refractivity contribution in [1.82, 2.24) is 30.2 Å². The van der Waals surface area contributed by atoms with E-state index in [2.05, 4.69) is 43.5 Å². The number of carboxylic acid groups (broad SMARTS) is 1. The van der Waals surface area contributed by atoms with E-state index in [1.165, 1.54) is 6.92 Å². The molecule has 0 saturated carbocycles. The van der Waals surface area contributed by atoms with Crippen molar-refractivity contribution in [3.8, 4) is 0 Å². The summed E-state index contributed by atoms with van der Waals surface area (Å²) in [4.78, 5) is 107. The highest BCUT2D eigenvalue weighted by atomic mass is 31.3. The van der Waals surface area contributed by atoms with Crippen LogP contribution in [0.15, 0.2) is 12.7 Å². The van der Waals surface area contributed by atoms with Crippen LogP contribution in [0.1, 0.15) is 52.7 Å². The highest BCUT2D eigenvalue weighted by molar-refractivity contribution is 7.59. The number of nitrogens with one attached hydrogen (secondary N) is 2. The summed E-state index contributed by atoms with van der Waals surface area (Å²) < 4.78 is 60.3. The first kappa shape index (κ1) is 48.0. The SMILES string of the molecule is CC(C)(COP(=O)([O-])OP(=O)([O-])OCC1OC(n2cnc3c(N)ncnc32)C(O)C1OP(=O)([O-])[O-])C(O)C(=O)NCCC(=O)NCCC(=O)C[C@@](C)(O)CC(=O)O. The average Bonchev–Trinajstić information content (AvgIpc) is 3.61. The molecule has 1 aliphatic heterocycles. The summed E-state index contributed by atoms with van der Waals surface area (Å²) >= 11 is 0. The van der Waals surface area contributed by atoms with Gasteiger partial charge in [0.1, 0.15) is 42.0 Å². The van der Waals surface area contributed by atoms with Gasteiger partial charge in [0.05, 0.1) is 39.4 Å². The third-order valence-electron chi connectivity index (χ3n) is 7.89. The minimum Gasteiger partial charge on any atom is -0.790 e. The smallest absolute Gasteiger partial charge is 0.306 e. The van der Waals surface area contributed by atoms with Gasteiger partial charge in [-0.2, -0.15) is 0 Å². The number of fused-ring (bicyclic) bond motifs is 1. The number of aromatic nitrogens is 4. The molecule has 2 amide bonds. The fraction of sp³-hybridized carbons (Fsp3) is 0.667. The number of aliphatic hydroxyl groups excluding tert-OH is 2. The number of Topliss-reactive ketones (excluding diaryl/α,β-unsaturated/α-hetero) is 1. The lowest BCUT2D eigenvalue weighted by molar-refractivity contribution is -0.347. The first-order valence-electron chi connectivity index (χ1n) is 16.4. The van der Waals surface area contributed by atoms with E-state index in [1.807, 2.05) is 0 Å². The number of carboxylic acids is 1. The van der Waals surface area contributed by atoms with Crippen molar-refractivity contribution < 1.29 is 95.5 Å². The minimum atomic E-state index is -5.95. The Labute approximate surface area is 322 Å². The Morgan fingerprint density at radius 3 is 2.26 bits per heavy atom. The molecule has 0 spiro atoms. The molecule has 0 aliphatic carbocycles. The van der Waals surface area contributed by atoms with Gasteiger partial charge in [-0.25, -0.2) is 19.3 Å². The van der Waals surface area contributed by atoms with Crippen LogP contribution in [0.5, 0.6) is 0 Å². The van der Waals surface area contributed by atoms with E-state index < -0.39 is 115 Å². The molecule has 322 valence electrons. The number of phosphoric ester groups is 3. The van der Waals surface area contributed by atoms with Crippen LogP contribution in [0.2, 0.25) is 0 Å². The van der Waals surface area contributed by atoms with Gasteiger partial charge >= 0.3 is 5.97 Å². The molecule has 7 unspecified atom stereocenters. The van der Waals surface area contributed by atoms with Crippen LogP contribution in [0.25, 0.3) is 11.2 Å². The fourth-order valence-corrected chi connectivity index (χ4v) is 7.90. The van der Waals surface area contributed by atoms with Gasteiger partial charge in [-0.1, -0.05) is 13.8 Å². The molecule has 1 fully saturated rings. The number of carbonyl (C=O) groups excluding carboxylic acids is 3. The van der Waals surface area contributed by atoms with Gasteiger partial charge in [-0.15, -0.1) is 0 Å². The van der Waals surface area contributed by atoms with Gasteiger partial charge in [-0.3, -0.25) is 32.9 Å². The number of hydrogen-bond donors (Lipinski definition) is 7. The van der Waals surface area contributed by atoms with Crippen LogP contribution in [0.4, 0.5) is 5.82 Å². The molecule has 1 aliphatic rings. The van der Waals surface area contributed by atoms with E-state index in [-0.39, 0.29) is 42.9 Å². The van der Waals surface area contributed by atoms with E-state index in [1.54, 1.807) is 0 Å². The summed E-state index contributed by atoms with van der Waals surface area (Å²) in [7, 11) is -17.7. The van der Waals surface area contributed by atoms with Crippen molar-refractivity contribution in [3.63, 3.8) is 0 Å². The normalized spacial score (nSPS) is 22.6. The molecule has 1 saturated heterocycles. The molecule has 27 nitrogen and oxygen atoms in total. The third-order valence-corrected chi connectivity index (χ3v) is 10.9. The number of hydrogen-bond acceptors (Lipinski definition) is 23. The van der Waals surface area contributed by atoms with E-state index in [0.29, 0.717) is 0 Å². The van der Waals surface area contributed by atoms with Crippen molar-refractivity contribution in [1.29, 1.82) is 0 Å². The zero-order valence-corrected chi connectivity index (χ0v) is 32.9. The highest BCUT2D eigenvalue weighted by Crippen LogP contribution is 2.56. The predicted octanol–water partition coefficient (Wildman–Crippen LogP) is -4.55. The molecule has 2 aromatic rings. The first-order valence-corrected chi connectivity index (χ1v) is 20.8. The molecule has 0 radical (unpaired) electrons. The molecule has 0 aromatic carbocycles. The Kier molecular flexibility index (Phi) is 16.1. The van der Waals surface area contributed by atoms with Crippen LogP contribution >= 0.6 is 23.5 Å². The Morgan fingerprint density at radius 2 is 1.63 bits per heavy atom. The summed E-state index contributed by atoms with van der Waals surface area (Å²) in [6.07, 6.45) is -9.25. The molecule has 3 heterocycles. The maximum atomic E-state index is 12.5. The van der Waals surface area contributed by atoms with E-state index in [4.69, 9.17) is 15.6 Å². The second-order valence-corrected chi connectivity index (χ2v) is 17.6. The van der Waals surface area contributed by atoms with Crippen LogP contribution < -0.4 is 35.9 Å².